The zero-order chi connectivity index (χ0) is 16.7. The van der Waals surface area contributed by atoms with Crippen LogP contribution in [0.25, 0.3) is 0 Å². The predicted molar refractivity (Wildman–Crippen MR) is 93.8 cm³/mol. The first kappa shape index (κ1) is 18.2. The third-order valence-corrected chi connectivity index (χ3v) is 4.74. The summed E-state index contributed by atoms with van der Waals surface area (Å²) in [5.74, 6) is -0.720. The molecule has 2 rings (SSSR count). The first-order chi connectivity index (χ1) is 11.1. The number of carboxylic acids is 1. The zero-order valence-electron chi connectivity index (χ0n) is 13.8. The smallest absolute Gasteiger partial charge is 0.320 e. The van der Waals surface area contributed by atoms with Crippen LogP contribution in [0.2, 0.25) is 5.02 Å². The molecule has 0 radical (unpaired) electrons. The van der Waals surface area contributed by atoms with Gasteiger partial charge in [-0.05, 0) is 50.0 Å². The number of unbranched alkanes of at least 4 members (excludes halogenated alkanes) is 1. The number of rotatable bonds is 8. The van der Waals surface area contributed by atoms with Gasteiger partial charge in [0.1, 0.15) is 6.04 Å². The minimum absolute atomic E-state index is 0.314. The largest absolute Gasteiger partial charge is 0.480 e. The van der Waals surface area contributed by atoms with Crippen molar-refractivity contribution < 1.29 is 9.90 Å². The summed E-state index contributed by atoms with van der Waals surface area (Å²) in [6.07, 6.45) is 4.72. The highest BCUT2D eigenvalue weighted by atomic mass is 35.5. The van der Waals surface area contributed by atoms with E-state index < -0.39 is 12.0 Å². The normalized spacial score (nSPS) is 18.0. The van der Waals surface area contributed by atoms with Gasteiger partial charge in [0.15, 0.2) is 0 Å². The van der Waals surface area contributed by atoms with Crippen LogP contribution in [0.5, 0.6) is 0 Å². The molecule has 1 unspecified atom stereocenters. The van der Waals surface area contributed by atoms with Crippen LogP contribution in [0, 0.1) is 0 Å². The van der Waals surface area contributed by atoms with Crippen molar-refractivity contribution in [2.24, 2.45) is 0 Å². The number of likely N-dealkylation sites (tertiary alicyclic amines) is 1. The van der Waals surface area contributed by atoms with E-state index in [2.05, 4.69) is 29.3 Å². The molecule has 128 valence electrons. The van der Waals surface area contributed by atoms with E-state index in [1.165, 1.54) is 5.56 Å². The Morgan fingerprint density at radius 1 is 1.35 bits per heavy atom. The van der Waals surface area contributed by atoms with Crippen molar-refractivity contribution in [3.63, 3.8) is 0 Å². The maximum absolute atomic E-state index is 11.3. The highest BCUT2D eigenvalue weighted by molar-refractivity contribution is 6.30. The predicted octanol–water partition coefficient (Wildman–Crippen LogP) is 3.54. The molecule has 2 N–H and O–H groups in total. The first-order valence-electron chi connectivity index (χ1n) is 8.54. The van der Waals surface area contributed by atoms with Crippen LogP contribution in [0.15, 0.2) is 24.3 Å². The fourth-order valence-corrected chi connectivity index (χ4v) is 3.20. The van der Waals surface area contributed by atoms with E-state index in [9.17, 15) is 9.90 Å². The molecule has 0 amide bonds. The van der Waals surface area contributed by atoms with Gasteiger partial charge < -0.3 is 10.4 Å². The third-order valence-electron chi connectivity index (χ3n) is 4.49. The quantitative estimate of drug-likeness (QED) is 0.761. The lowest BCUT2D eigenvalue weighted by Gasteiger charge is -2.33. The molecule has 0 spiro atoms. The van der Waals surface area contributed by atoms with Crippen molar-refractivity contribution in [3.8, 4) is 0 Å². The van der Waals surface area contributed by atoms with Crippen molar-refractivity contribution in [1.82, 2.24) is 10.2 Å². The van der Waals surface area contributed by atoms with Crippen LogP contribution in [0.1, 0.15) is 44.6 Å². The van der Waals surface area contributed by atoms with E-state index in [0.29, 0.717) is 6.04 Å². The molecule has 5 heteroatoms. The summed E-state index contributed by atoms with van der Waals surface area (Å²) < 4.78 is 0. The fraction of sp³-hybridized carbons (Fsp3) is 0.611. The number of benzene rings is 1. The molecule has 1 aliphatic rings. The van der Waals surface area contributed by atoms with Gasteiger partial charge in [0.25, 0.3) is 0 Å². The fourth-order valence-electron chi connectivity index (χ4n) is 3.08. The van der Waals surface area contributed by atoms with Gasteiger partial charge in [0.05, 0.1) is 0 Å². The van der Waals surface area contributed by atoms with Crippen molar-refractivity contribution >= 4 is 17.6 Å². The van der Waals surface area contributed by atoms with Gasteiger partial charge in [-0.15, -0.1) is 0 Å². The molecule has 1 atom stereocenters. The molecular weight excluding hydrogens is 312 g/mol. The van der Waals surface area contributed by atoms with Crippen LogP contribution in [-0.4, -0.2) is 41.1 Å². The molecule has 1 aliphatic heterocycles. The van der Waals surface area contributed by atoms with Crippen LogP contribution in [0.4, 0.5) is 0 Å². The van der Waals surface area contributed by atoms with Crippen molar-refractivity contribution in [2.45, 2.75) is 57.7 Å². The Morgan fingerprint density at radius 2 is 2.00 bits per heavy atom. The number of carboxylic acid groups (broad SMARTS) is 1. The van der Waals surface area contributed by atoms with Crippen LogP contribution in [-0.2, 0) is 11.3 Å². The number of hydrogen-bond donors (Lipinski definition) is 2. The van der Waals surface area contributed by atoms with Crippen LogP contribution in [0.3, 0.4) is 0 Å². The average Bonchev–Trinajstić information content (AvgIpc) is 2.55. The summed E-state index contributed by atoms with van der Waals surface area (Å²) >= 11 is 5.91. The molecule has 0 bridgehead atoms. The Bertz CT molecular complexity index is 484. The Labute approximate surface area is 143 Å². The lowest BCUT2D eigenvalue weighted by atomic mass is 10.0. The molecule has 23 heavy (non-hydrogen) atoms. The van der Waals surface area contributed by atoms with E-state index >= 15 is 0 Å². The number of aliphatic carboxylic acids is 1. The summed E-state index contributed by atoms with van der Waals surface area (Å²) in [6, 6.07) is 7.90. The number of halogens is 1. The summed E-state index contributed by atoms with van der Waals surface area (Å²) in [6.45, 7) is 5.02. The minimum atomic E-state index is -0.720. The van der Waals surface area contributed by atoms with Crippen molar-refractivity contribution in [2.75, 3.05) is 13.1 Å². The lowest BCUT2D eigenvalue weighted by Crippen LogP contribution is -2.48. The van der Waals surface area contributed by atoms with Gasteiger partial charge in [0, 0.05) is 17.6 Å². The second-order valence-corrected chi connectivity index (χ2v) is 6.81. The van der Waals surface area contributed by atoms with Gasteiger partial charge in [0.2, 0.25) is 0 Å². The Hall–Kier alpha value is -1.10. The number of carbonyl (C=O) groups is 1. The average molecular weight is 339 g/mol. The summed E-state index contributed by atoms with van der Waals surface area (Å²) in [5, 5.41) is 13.4. The van der Waals surface area contributed by atoms with Gasteiger partial charge in [-0.1, -0.05) is 43.5 Å². The number of nitrogens with one attached hydrogen (secondary N) is 1. The van der Waals surface area contributed by atoms with Gasteiger partial charge in [-0.2, -0.15) is 0 Å². The topological polar surface area (TPSA) is 52.6 Å². The molecule has 1 aromatic carbocycles. The molecular formula is C18H27ClN2O2. The highest BCUT2D eigenvalue weighted by Crippen LogP contribution is 2.17. The molecule has 1 saturated heterocycles. The number of piperidine rings is 1. The Kier molecular flexibility index (Phi) is 7.34. The van der Waals surface area contributed by atoms with E-state index in [1.807, 2.05) is 12.1 Å². The molecule has 0 saturated carbocycles. The maximum atomic E-state index is 11.3. The summed E-state index contributed by atoms with van der Waals surface area (Å²) in [4.78, 5) is 13.7. The molecule has 0 aromatic heterocycles. The zero-order valence-corrected chi connectivity index (χ0v) is 14.6. The van der Waals surface area contributed by atoms with Crippen molar-refractivity contribution in [1.29, 1.82) is 0 Å². The number of nitrogens with zero attached hydrogens (tertiary/aromatic N) is 1. The maximum Gasteiger partial charge on any atom is 0.320 e. The first-order valence-corrected chi connectivity index (χ1v) is 8.92. The second kappa shape index (κ2) is 9.26. The molecule has 1 heterocycles. The summed E-state index contributed by atoms with van der Waals surface area (Å²) in [5.41, 5.74) is 1.27. The second-order valence-electron chi connectivity index (χ2n) is 6.38. The van der Waals surface area contributed by atoms with Crippen LogP contribution < -0.4 is 5.32 Å². The molecule has 1 aromatic rings. The van der Waals surface area contributed by atoms with Crippen molar-refractivity contribution in [3.05, 3.63) is 34.9 Å². The molecule has 4 nitrogen and oxygen atoms in total. The standard InChI is InChI=1S/C18H27ClN2O2/c1-2-3-4-17(18(22)23)20-16-9-11-21(12-10-16)13-14-5-7-15(19)8-6-14/h5-8,16-17,20H,2-4,9-13H2,1H3,(H,22,23). The Morgan fingerprint density at radius 3 is 2.57 bits per heavy atom. The molecule has 1 fully saturated rings. The number of hydrogen-bond acceptors (Lipinski definition) is 3. The monoisotopic (exact) mass is 338 g/mol. The van der Waals surface area contributed by atoms with E-state index in [-0.39, 0.29) is 0 Å². The van der Waals surface area contributed by atoms with E-state index in [0.717, 1.165) is 56.8 Å². The van der Waals surface area contributed by atoms with E-state index in [4.69, 9.17) is 11.6 Å². The van der Waals surface area contributed by atoms with Gasteiger partial charge >= 0.3 is 5.97 Å². The molecule has 0 aliphatic carbocycles. The lowest BCUT2D eigenvalue weighted by molar-refractivity contribution is -0.140. The van der Waals surface area contributed by atoms with Gasteiger partial charge in [-0.3, -0.25) is 9.69 Å². The minimum Gasteiger partial charge on any atom is -0.480 e. The SMILES string of the molecule is CCCCC(NC1CCN(Cc2ccc(Cl)cc2)CC1)C(=O)O. The van der Waals surface area contributed by atoms with Crippen LogP contribution >= 0.6 is 11.6 Å². The van der Waals surface area contributed by atoms with E-state index in [1.54, 1.807) is 0 Å². The van der Waals surface area contributed by atoms with Gasteiger partial charge in [-0.25, -0.2) is 0 Å². The third kappa shape index (κ3) is 6.13. The highest BCUT2D eigenvalue weighted by Gasteiger charge is 2.24. The summed E-state index contributed by atoms with van der Waals surface area (Å²) in [7, 11) is 0. The Balaban J connectivity index is 1.76.